The van der Waals surface area contributed by atoms with E-state index in [4.69, 9.17) is 23.2 Å². The largest absolute Gasteiger partial charge is 0.348 e. The topological polar surface area (TPSA) is 66.5 Å². The van der Waals surface area contributed by atoms with Crippen LogP contribution in [0.2, 0.25) is 10.0 Å². The van der Waals surface area contributed by atoms with Crippen LogP contribution in [0.1, 0.15) is 24.1 Å². The molecule has 1 N–H and O–H groups in total. The maximum atomic E-state index is 13.4. The number of hydrogen-bond acceptors (Lipinski definition) is 4. The van der Waals surface area contributed by atoms with Crippen molar-refractivity contribution in [3.63, 3.8) is 0 Å². The van der Waals surface area contributed by atoms with Crippen LogP contribution in [0, 0.1) is 0 Å². The SMILES string of the molecule is CSc1ccc([C@@H](C)NC(=O)CN(Cc2ccc(Cl)c(Cl)c2)S(=O)(=O)c2ccc(Br)cc2)cc1. The van der Waals surface area contributed by atoms with Crippen molar-refractivity contribution in [3.8, 4) is 0 Å². The number of carbonyl (C=O) groups is 1. The summed E-state index contributed by atoms with van der Waals surface area (Å²) in [5.74, 6) is -0.415. The van der Waals surface area contributed by atoms with Crippen LogP contribution < -0.4 is 5.32 Å². The van der Waals surface area contributed by atoms with Crippen molar-refractivity contribution in [1.82, 2.24) is 9.62 Å². The maximum absolute atomic E-state index is 13.4. The van der Waals surface area contributed by atoms with Crippen LogP contribution >= 0.6 is 50.9 Å². The lowest BCUT2D eigenvalue weighted by Crippen LogP contribution is -2.41. The van der Waals surface area contributed by atoms with E-state index in [1.165, 1.54) is 12.1 Å². The van der Waals surface area contributed by atoms with E-state index in [1.54, 1.807) is 42.1 Å². The minimum atomic E-state index is -3.97. The average Bonchev–Trinajstić information content (AvgIpc) is 2.81. The quantitative estimate of drug-likeness (QED) is 0.283. The second-order valence-corrected chi connectivity index (χ2v) is 12.1. The lowest BCUT2D eigenvalue weighted by molar-refractivity contribution is -0.122. The molecule has 0 saturated carbocycles. The zero-order valence-corrected chi connectivity index (χ0v) is 23.2. The van der Waals surface area contributed by atoms with E-state index >= 15 is 0 Å². The molecule has 0 heterocycles. The van der Waals surface area contributed by atoms with Gasteiger partial charge in [0.15, 0.2) is 0 Å². The molecule has 0 spiro atoms. The van der Waals surface area contributed by atoms with Gasteiger partial charge >= 0.3 is 0 Å². The first-order valence-electron chi connectivity index (χ1n) is 10.2. The molecule has 0 aliphatic carbocycles. The van der Waals surface area contributed by atoms with Crippen LogP contribution in [-0.2, 0) is 21.4 Å². The minimum absolute atomic E-state index is 0.0422. The highest BCUT2D eigenvalue weighted by Gasteiger charge is 2.27. The monoisotopic (exact) mass is 600 g/mol. The Balaban J connectivity index is 1.83. The van der Waals surface area contributed by atoms with Gasteiger partial charge in [-0.15, -0.1) is 11.8 Å². The van der Waals surface area contributed by atoms with Crippen molar-refractivity contribution in [3.05, 3.63) is 92.4 Å². The fourth-order valence-corrected chi connectivity index (χ4v) is 5.62. The van der Waals surface area contributed by atoms with E-state index in [0.29, 0.717) is 15.6 Å². The summed E-state index contributed by atoms with van der Waals surface area (Å²) in [5.41, 5.74) is 1.54. The summed E-state index contributed by atoms with van der Waals surface area (Å²) in [6.07, 6.45) is 1.99. The Morgan fingerprint density at radius 3 is 2.26 bits per heavy atom. The molecule has 180 valence electrons. The number of benzene rings is 3. The number of carbonyl (C=O) groups excluding carboxylic acids is 1. The lowest BCUT2D eigenvalue weighted by Gasteiger charge is -2.23. The normalized spacial score (nSPS) is 12.5. The van der Waals surface area contributed by atoms with Crippen molar-refractivity contribution in [1.29, 1.82) is 0 Å². The van der Waals surface area contributed by atoms with Crippen molar-refractivity contribution in [2.75, 3.05) is 12.8 Å². The predicted octanol–water partition coefficient (Wildman–Crippen LogP) is 6.55. The number of amides is 1. The first-order valence-corrected chi connectivity index (χ1v) is 14.4. The van der Waals surface area contributed by atoms with Crippen molar-refractivity contribution >= 4 is 66.8 Å². The predicted molar refractivity (Wildman–Crippen MR) is 143 cm³/mol. The van der Waals surface area contributed by atoms with E-state index in [-0.39, 0.29) is 24.0 Å². The molecule has 0 radical (unpaired) electrons. The molecule has 0 fully saturated rings. The van der Waals surface area contributed by atoms with Gasteiger partial charge in [-0.25, -0.2) is 8.42 Å². The number of halogens is 3. The van der Waals surface area contributed by atoms with Crippen LogP contribution in [0.3, 0.4) is 0 Å². The second-order valence-electron chi connectivity index (χ2n) is 7.54. The van der Waals surface area contributed by atoms with Gasteiger partial charge in [-0.05, 0) is 72.8 Å². The Bertz CT molecular complexity index is 1250. The fourth-order valence-electron chi connectivity index (χ4n) is 3.25. The van der Waals surface area contributed by atoms with Gasteiger partial charge < -0.3 is 5.32 Å². The van der Waals surface area contributed by atoms with Gasteiger partial charge in [0.05, 0.1) is 27.5 Å². The number of nitrogens with one attached hydrogen (secondary N) is 1. The van der Waals surface area contributed by atoms with Gasteiger partial charge in [0.1, 0.15) is 0 Å². The summed E-state index contributed by atoms with van der Waals surface area (Å²) in [4.78, 5) is 14.1. The van der Waals surface area contributed by atoms with Gasteiger partial charge in [-0.1, -0.05) is 57.3 Å². The van der Waals surface area contributed by atoms with Gasteiger partial charge in [0.2, 0.25) is 15.9 Å². The Morgan fingerprint density at radius 1 is 1.03 bits per heavy atom. The lowest BCUT2D eigenvalue weighted by atomic mass is 10.1. The average molecular weight is 602 g/mol. The third kappa shape index (κ3) is 6.99. The van der Waals surface area contributed by atoms with Crippen LogP contribution in [-0.4, -0.2) is 31.4 Å². The van der Waals surface area contributed by atoms with Crippen molar-refractivity contribution in [2.45, 2.75) is 29.3 Å². The Labute approximate surface area is 223 Å². The van der Waals surface area contributed by atoms with Crippen LogP contribution in [0.4, 0.5) is 0 Å². The molecule has 0 saturated heterocycles. The molecule has 10 heteroatoms. The molecular formula is C24H23BrCl2N2O3S2. The summed E-state index contributed by atoms with van der Waals surface area (Å²) < 4.78 is 28.7. The number of hydrogen-bond donors (Lipinski definition) is 1. The highest BCUT2D eigenvalue weighted by molar-refractivity contribution is 9.10. The highest BCUT2D eigenvalue weighted by atomic mass is 79.9. The van der Waals surface area contributed by atoms with Crippen LogP contribution in [0.15, 0.2) is 81.0 Å². The summed E-state index contributed by atoms with van der Waals surface area (Å²) in [6.45, 7) is 1.46. The number of nitrogens with zero attached hydrogens (tertiary/aromatic N) is 1. The molecule has 0 bridgehead atoms. The Hall–Kier alpha value is -1.55. The van der Waals surface area contributed by atoms with Gasteiger partial charge in [0.25, 0.3) is 0 Å². The minimum Gasteiger partial charge on any atom is -0.348 e. The summed E-state index contributed by atoms with van der Waals surface area (Å²) in [5, 5.41) is 3.58. The molecule has 3 aromatic carbocycles. The fraction of sp³-hybridized carbons (Fsp3) is 0.208. The molecule has 1 atom stereocenters. The molecule has 34 heavy (non-hydrogen) atoms. The van der Waals surface area contributed by atoms with E-state index in [0.717, 1.165) is 19.2 Å². The molecular weight excluding hydrogens is 579 g/mol. The highest BCUT2D eigenvalue weighted by Crippen LogP contribution is 2.26. The third-order valence-corrected chi connectivity index (χ3v) is 8.92. The maximum Gasteiger partial charge on any atom is 0.243 e. The molecule has 0 unspecified atom stereocenters. The van der Waals surface area contributed by atoms with Crippen LogP contribution in [0.25, 0.3) is 0 Å². The van der Waals surface area contributed by atoms with E-state index in [1.807, 2.05) is 37.4 Å². The van der Waals surface area contributed by atoms with Crippen molar-refractivity contribution in [2.24, 2.45) is 0 Å². The third-order valence-electron chi connectivity index (χ3n) is 5.11. The smallest absolute Gasteiger partial charge is 0.243 e. The molecule has 0 aromatic heterocycles. The molecule has 0 aliphatic heterocycles. The molecule has 3 rings (SSSR count). The first kappa shape index (κ1) is 27.0. The van der Waals surface area contributed by atoms with Gasteiger partial charge in [0, 0.05) is 15.9 Å². The number of thioether (sulfide) groups is 1. The molecule has 3 aromatic rings. The Kier molecular flexibility index (Phi) is 9.49. The second kappa shape index (κ2) is 11.9. The molecule has 1 amide bonds. The van der Waals surface area contributed by atoms with E-state index in [2.05, 4.69) is 21.2 Å². The molecule has 0 aliphatic rings. The summed E-state index contributed by atoms with van der Waals surface area (Å²) in [7, 11) is -3.97. The van der Waals surface area contributed by atoms with Crippen molar-refractivity contribution < 1.29 is 13.2 Å². The standard InChI is InChI=1S/C24H23BrCl2N2O3S2/c1-16(18-4-8-20(33-2)9-5-18)28-24(30)15-29(14-17-3-12-22(26)23(27)13-17)34(31,32)21-10-6-19(25)7-11-21/h3-13,16H,14-15H2,1-2H3,(H,28,30)/t16-/m1/s1. The van der Waals surface area contributed by atoms with Gasteiger partial charge in [-0.3, -0.25) is 4.79 Å². The summed E-state index contributed by atoms with van der Waals surface area (Å²) in [6, 6.07) is 18.7. The molecule has 5 nitrogen and oxygen atoms in total. The van der Waals surface area contributed by atoms with E-state index in [9.17, 15) is 13.2 Å². The zero-order valence-electron chi connectivity index (χ0n) is 18.5. The Morgan fingerprint density at radius 2 is 1.68 bits per heavy atom. The zero-order chi connectivity index (χ0) is 24.9. The van der Waals surface area contributed by atoms with Gasteiger partial charge in [-0.2, -0.15) is 4.31 Å². The number of rotatable bonds is 9. The number of sulfonamides is 1. The van der Waals surface area contributed by atoms with Crippen LogP contribution in [0.5, 0.6) is 0 Å². The summed E-state index contributed by atoms with van der Waals surface area (Å²) >= 11 is 17.1. The van der Waals surface area contributed by atoms with E-state index < -0.39 is 15.9 Å². The first-order chi connectivity index (χ1) is 16.1.